The van der Waals surface area contributed by atoms with Crippen molar-refractivity contribution >= 4 is 181 Å². The van der Waals surface area contributed by atoms with Crippen molar-refractivity contribution < 1.29 is 20.4 Å². The normalized spacial score (nSPS) is 20.3. The number of hydrogen-bond donors (Lipinski definition) is 4. The Labute approximate surface area is 378 Å². The van der Waals surface area contributed by atoms with Gasteiger partial charge in [-0.05, 0) is 289 Å². The van der Waals surface area contributed by atoms with Crippen molar-refractivity contribution in [3.63, 3.8) is 0 Å². The number of hydrogen-bond acceptors (Lipinski definition) is 4. The lowest BCUT2D eigenvalue weighted by Gasteiger charge is -2.59. The van der Waals surface area contributed by atoms with Gasteiger partial charge >= 0.3 is 0 Å². The molecular weight excluding hydrogens is 1490 g/mol. The zero-order chi connectivity index (χ0) is 33.3. The highest BCUT2D eigenvalue weighted by molar-refractivity contribution is 14.1. The van der Waals surface area contributed by atoms with Crippen molar-refractivity contribution in [3.8, 4) is 23.0 Å². The fourth-order valence-electron chi connectivity index (χ4n) is 8.21. The van der Waals surface area contributed by atoms with E-state index in [9.17, 15) is 20.4 Å². The summed E-state index contributed by atoms with van der Waals surface area (Å²) in [5, 5.41) is 43.5. The van der Waals surface area contributed by atoms with Gasteiger partial charge in [-0.15, -0.1) is 0 Å². The molecule has 6 rings (SSSR count). The van der Waals surface area contributed by atoms with Crippen LogP contribution in [0.1, 0.15) is 60.8 Å². The average Bonchev–Trinajstić information content (AvgIpc) is 3.02. The second kappa shape index (κ2) is 14.7. The van der Waals surface area contributed by atoms with E-state index in [1.54, 1.807) is 0 Å². The van der Waals surface area contributed by atoms with Crippen LogP contribution in [0.25, 0.3) is 0 Å². The lowest BCUT2D eigenvalue weighted by molar-refractivity contribution is 0.0432. The Morgan fingerprint density at radius 2 is 0.587 bits per heavy atom. The van der Waals surface area contributed by atoms with E-state index in [0.29, 0.717) is 23.0 Å². The SMILES string of the molecule is Oc1c(I)cc(C2(c3cc(I)c(O)c(I)c3)CCCC3C2CCCC3(c2cc(I)c(O)c(I)c2)c2cc(I)c(O)c(I)c2)cc1I. The van der Waals surface area contributed by atoms with Crippen LogP contribution >= 0.6 is 181 Å². The van der Waals surface area contributed by atoms with Crippen molar-refractivity contribution in [2.45, 2.75) is 49.4 Å². The third-order valence-corrected chi connectivity index (χ3v) is 16.6. The standard InChI is InChI=1S/C34H26I8O4/c35-21-7-15(8-22(36)29(21)43)33(16-9-23(37)30(44)24(38)10-16)5-1-3-19-20(33)4-2-6-34(19,17-11-25(39)31(45)26(40)12-17)18-13-27(41)32(46)28(42)14-18/h7-14,19-20,43-46H,1-6H2. The van der Waals surface area contributed by atoms with Gasteiger partial charge in [-0.25, -0.2) is 0 Å². The van der Waals surface area contributed by atoms with Crippen LogP contribution in [-0.4, -0.2) is 20.4 Å². The van der Waals surface area contributed by atoms with Crippen molar-refractivity contribution in [3.05, 3.63) is 99.3 Å². The minimum absolute atomic E-state index is 0.246. The summed E-state index contributed by atoms with van der Waals surface area (Å²) in [6.45, 7) is 0. The van der Waals surface area contributed by atoms with Crippen LogP contribution in [0.15, 0.2) is 48.5 Å². The third kappa shape index (κ3) is 6.44. The minimum atomic E-state index is -0.357. The number of benzene rings is 4. The lowest BCUT2D eigenvalue weighted by Crippen LogP contribution is -2.54. The number of fused-ring (bicyclic) bond motifs is 1. The first kappa shape index (κ1) is 37.7. The van der Waals surface area contributed by atoms with E-state index in [2.05, 4.69) is 229 Å². The molecule has 4 aromatic rings. The maximum atomic E-state index is 10.9. The molecule has 0 aromatic heterocycles. The first-order valence-electron chi connectivity index (χ1n) is 14.5. The highest BCUT2D eigenvalue weighted by Gasteiger charge is 2.57. The fraction of sp³-hybridized carbons (Fsp3) is 0.294. The molecule has 0 radical (unpaired) electrons. The molecule has 4 aromatic carbocycles. The van der Waals surface area contributed by atoms with E-state index in [-0.39, 0.29) is 22.7 Å². The van der Waals surface area contributed by atoms with Crippen molar-refractivity contribution in [2.75, 3.05) is 0 Å². The summed E-state index contributed by atoms with van der Waals surface area (Å²) in [5.74, 6) is 1.78. The molecule has 4 N–H and O–H groups in total. The number of aromatic hydroxyl groups is 4. The molecular formula is C34H26I8O4. The Bertz CT molecular complexity index is 1530. The Hall–Kier alpha value is 1.92. The number of phenols is 4. The van der Waals surface area contributed by atoms with E-state index in [1.165, 1.54) is 22.3 Å². The van der Waals surface area contributed by atoms with Gasteiger partial charge in [0.15, 0.2) is 0 Å². The van der Waals surface area contributed by atoms with Gasteiger partial charge in [0.2, 0.25) is 0 Å². The van der Waals surface area contributed by atoms with Gasteiger partial charge < -0.3 is 20.4 Å². The summed E-state index contributed by atoms with van der Waals surface area (Å²) in [7, 11) is 0. The summed E-state index contributed by atoms with van der Waals surface area (Å²) >= 11 is 18.1. The largest absolute Gasteiger partial charge is 0.506 e. The molecule has 46 heavy (non-hydrogen) atoms. The zero-order valence-electron chi connectivity index (χ0n) is 23.8. The van der Waals surface area contributed by atoms with E-state index in [0.717, 1.165) is 67.1 Å². The van der Waals surface area contributed by atoms with E-state index in [1.807, 2.05) is 0 Å². The fourth-order valence-corrected chi connectivity index (χ4v) is 15.3. The van der Waals surface area contributed by atoms with Gasteiger partial charge in [-0.3, -0.25) is 0 Å². The molecule has 0 spiro atoms. The topological polar surface area (TPSA) is 80.9 Å². The number of phenolic OH excluding ortho intramolecular Hbond substituents is 4. The number of halogens is 8. The molecule has 12 heteroatoms. The van der Waals surface area contributed by atoms with Gasteiger partial charge in [-0.2, -0.15) is 0 Å². The molecule has 2 saturated carbocycles. The molecule has 2 atom stereocenters. The van der Waals surface area contributed by atoms with Crippen LogP contribution in [0.3, 0.4) is 0 Å². The van der Waals surface area contributed by atoms with Crippen molar-refractivity contribution in [2.24, 2.45) is 11.8 Å². The first-order valence-corrected chi connectivity index (χ1v) is 23.1. The molecule has 4 nitrogen and oxygen atoms in total. The van der Waals surface area contributed by atoms with Crippen LogP contribution in [0.2, 0.25) is 0 Å². The quantitative estimate of drug-likeness (QED) is 0.154. The maximum absolute atomic E-state index is 10.9. The first-order chi connectivity index (χ1) is 21.7. The van der Waals surface area contributed by atoms with Crippen LogP contribution in [0.5, 0.6) is 23.0 Å². The molecule has 0 aliphatic heterocycles. The van der Waals surface area contributed by atoms with Crippen LogP contribution < -0.4 is 0 Å². The Morgan fingerprint density at radius 3 is 0.783 bits per heavy atom. The van der Waals surface area contributed by atoms with Gasteiger partial charge in [0.1, 0.15) is 23.0 Å². The smallest absolute Gasteiger partial charge is 0.142 e. The highest BCUT2D eigenvalue weighted by Crippen LogP contribution is 2.64. The molecule has 2 aliphatic carbocycles. The predicted molar refractivity (Wildman–Crippen MR) is 250 cm³/mol. The molecule has 2 fully saturated rings. The van der Waals surface area contributed by atoms with E-state index in [4.69, 9.17) is 0 Å². The monoisotopic (exact) mass is 1510 g/mol. The lowest BCUT2D eigenvalue weighted by atomic mass is 9.45. The van der Waals surface area contributed by atoms with E-state index >= 15 is 0 Å². The molecule has 2 aliphatic rings. The zero-order valence-corrected chi connectivity index (χ0v) is 41.1. The van der Waals surface area contributed by atoms with Crippen molar-refractivity contribution in [1.82, 2.24) is 0 Å². The molecule has 0 saturated heterocycles. The molecule has 0 amide bonds. The average molecular weight is 1510 g/mol. The predicted octanol–water partition coefficient (Wildman–Crippen LogP) is 12.2. The van der Waals surface area contributed by atoms with Crippen LogP contribution in [0.4, 0.5) is 0 Å². The Morgan fingerprint density at radius 1 is 0.391 bits per heavy atom. The van der Waals surface area contributed by atoms with Crippen LogP contribution in [-0.2, 0) is 10.8 Å². The Balaban J connectivity index is 1.69. The second-order valence-corrected chi connectivity index (χ2v) is 21.4. The highest BCUT2D eigenvalue weighted by atomic mass is 127. The van der Waals surface area contributed by atoms with Crippen molar-refractivity contribution in [1.29, 1.82) is 0 Å². The Kier molecular flexibility index (Phi) is 12.1. The van der Waals surface area contributed by atoms with Gasteiger partial charge in [0, 0.05) is 10.8 Å². The maximum Gasteiger partial charge on any atom is 0.142 e. The molecule has 2 unspecified atom stereocenters. The van der Waals surface area contributed by atoms with Gasteiger partial charge in [0.25, 0.3) is 0 Å². The second-order valence-electron chi connectivity index (χ2n) is 12.1. The molecule has 0 heterocycles. The summed E-state index contributed by atoms with van der Waals surface area (Å²) in [6.07, 6.45) is 6.06. The third-order valence-electron chi connectivity index (χ3n) is 10.1. The number of rotatable bonds is 4. The summed E-state index contributed by atoms with van der Waals surface area (Å²) in [5.41, 5.74) is 4.14. The molecule has 0 bridgehead atoms. The summed E-state index contributed by atoms with van der Waals surface area (Å²) in [4.78, 5) is 0. The van der Waals surface area contributed by atoms with E-state index < -0.39 is 0 Å². The summed E-state index contributed by atoms with van der Waals surface area (Å²) in [6, 6.07) is 17.5. The minimum Gasteiger partial charge on any atom is -0.506 e. The van der Waals surface area contributed by atoms with Crippen LogP contribution in [0, 0.1) is 40.4 Å². The van der Waals surface area contributed by atoms with Gasteiger partial charge in [-0.1, -0.05) is 12.8 Å². The van der Waals surface area contributed by atoms with Gasteiger partial charge in [0.05, 0.1) is 28.6 Å². The summed E-state index contributed by atoms with van der Waals surface area (Å²) < 4.78 is 6.75. The molecule has 242 valence electrons.